The van der Waals surface area contributed by atoms with Gasteiger partial charge in [0.15, 0.2) is 0 Å². The lowest BCUT2D eigenvalue weighted by Crippen LogP contribution is -2.48. The van der Waals surface area contributed by atoms with Gasteiger partial charge in [0, 0.05) is 28.6 Å². The van der Waals surface area contributed by atoms with Gasteiger partial charge in [0.1, 0.15) is 5.78 Å². The summed E-state index contributed by atoms with van der Waals surface area (Å²) >= 11 is 6.38. The van der Waals surface area contributed by atoms with Crippen LogP contribution in [0.15, 0.2) is 24.3 Å². The monoisotopic (exact) mass is 318 g/mol. The molecule has 3 atom stereocenters. The molecule has 1 aromatic heterocycles. The van der Waals surface area contributed by atoms with E-state index in [2.05, 4.69) is 10.2 Å². The number of rotatable bonds is 2. The third kappa shape index (κ3) is 2.27. The average molecular weight is 319 g/mol. The molecule has 0 spiro atoms. The third-order valence-corrected chi connectivity index (χ3v) is 4.94. The van der Waals surface area contributed by atoms with Crippen molar-refractivity contribution < 1.29 is 9.90 Å². The molecule has 1 aliphatic carbocycles. The summed E-state index contributed by atoms with van der Waals surface area (Å²) in [4.78, 5) is 12.3. The summed E-state index contributed by atoms with van der Waals surface area (Å²) in [5, 5.41) is 18.8. The SMILES string of the molecule is CC(=O)C1C(c2ccccc2Cl)c2c(n[nH]c2C)CC1(C)O. The van der Waals surface area contributed by atoms with Crippen LogP contribution in [0.2, 0.25) is 5.02 Å². The average Bonchev–Trinajstić information content (AvgIpc) is 2.77. The predicted octanol–water partition coefficient (Wildman–Crippen LogP) is 3.02. The zero-order valence-corrected chi connectivity index (χ0v) is 13.6. The number of hydrogen-bond acceptors (Lipinski definition) is 3. The number of hydrogen-bond donors (Lipinski definition) is 2. The Balaban J connectivity index is 2.28. The van der Waals surface area contributed by atoms with Crippen molar-refractivity contribution in [2.45, 2.75) is 38.7 Å². The molecule has 5 heteroatoms. The molecule has 4 nitrogen and oxygen atoms in total. The Bertz CT molecular complexity index is 736. The van der Waals surface area contributed by atoms with Crippen molar-refractivity contribution in [1.82, 2.24) is 10.2 Å². The molecule has 0 fully saturated rings. The fourth-order valence-electron chi connectivity index (χ4n) is 3.75. The first-order valence-electron chi connectivity index (χ1n) is 7.34. The number of halogens is 1. The van der Waals surface area contributed by atoms with E-state index in [0.717, 1.165) is 22.5 Å². The minimum atomic E-state index is -1.15. The third-order valence-electron chi connectivity index (χ3n) is 4.59. The van der Waals surface area contributed by atoms with E-state index in [9.17, 15) is 9.90 Å². The maximum Gasteiger partial charge on any atom is 0.136 e. The molecule has 0 radical (unpaired) electrons. The van der Waals surface area contributed by atoms with Gasteiger partial charge in [-0.1, -0.05) is 29.8 Å². The Kier molecular flexibility index (Phi) is 3.62. The van der Waals surface area contributed by atoms with E-state index in [1.165, 1.54) is 6.92 Å². The zero-order chi connectivity index (χ0) is 16.1. The molecule has 116 valence electrons. The first-order valence-corrected chi connectivity index (χ1v) is 7.71. The van der Waals surface area contributed by atoms with E-state index >= 15 is 0 Å². The van der Waals surface area contributed by atoms with Crippen LogP contribution in [-0.2, 0) is 11.2 Å². The highest BCUT2D eigenvalue weighted by atomic mass is 35.5. The molecule has 22 heavy (non-hydrogen) atoms. The van der Waals surface area contributed by atoms with Gasteiger partial charge >= 0.3 is 0 Å². The second-order valence-corrected chi connectivity index (χ2v) is 6.74. The number of H-pyrrole nitrogens is 1. The second-order valence-electron chi connectivity index (χ2n) is 6.33. The van der Waals surface area contributed by atoms with E-state index < -0.39 is 11.5 Å². The van der Waals surface area contributed by atoms with Gasteiger partial charge < -0.3 is 5.11 Å². The van der Waals surface area contributed by atoms with Gasteiger partial charge in [0.2, 0.25) is 0 Å². The van der Waals surface area contributed by atoms with Gasteiger partial charge in [-0.05, 0) is 32.4 Å². The lowest BCUT2D eigenvalue weighted by molar-refractivity contribution is -0.130. The van der Waals surface area contributed by atoms with E-state index in [1.54, 1.807) is 6.92 Å². The predicted molar refractivity (Wildman–Crippen MR) is 85.1 cm³/mol. The standard InChI is InChI=1S/C17H19ClN2O2/c1-9-14-13(20-19-9)8-17(3,22)16(10(2)21)15(14)11-6-4-5-7-12(11)18/h4-7,15-16,22H,8H2,1-3H3,(H,19,20). The summed E-state index contributed by atoms with van der Waals surface area (Å²) in [5.41, 5.74) is 2.42. The molecule has 2 N–H and O–H groups in total. The molecular formula is C17H19ClN2O2. The van der Waals surface area contributed by atoms with E-state index in [0.29, 0.717) is 11.4 Å². The van der Waals surface area contributed by atoms with Crippen LogP contribution in [0.1, 0.15) is 42.3 Å². The molecule has 0 amide bonds. The van der Waals surface area contributed by atoms with E-state index in [4.69, 9.17) is 11.6 Å². The van der Waals surface area contributed by atoms with Crippen molar-refractivity contribution in [1.29, 1.82) is 0 Å². The smallest absolute Gasteiger partial charge is 0.136 e. The summed E-state index contributed by atoms with van der Waals surface area (Å²) in [6.45, 7) is 5.17. The number of nitrogens with zero attached hydrogens (tertiary/aromatic N) is 1. The van der Waals surface area contributed by atoms with Crippen molar-refractivity contribution in [2.24, 2.45) is 5.92 Å². The van der Waals surface area contributed by atoms with Crippen molar-refractivity contribution in [3.63, 3.8) is 0 Å². The first-order chi connectivity index (χ1) is 10.3. The summed E-state index contributed by atoms with van der Waals surface area (Å²) in [6.07, 6.45) is 0.359. The van der Waals surface area contributed by atoms with Crippen molar-refractivity contribution in [3.8, 4) is 0 Å². The first kappa shape index (κ1) is 15.3. The van der Waals surface area contributed by atoms with Crippen molar-refractivity contribution in [3.05, 3.63) is 51.8 Å². The minimum Gasteiger partial charge on any atom is -0.389 e. The summed E-state index contributed by atoms with van der Waals surface area (Å²) in [7, 11) is 0. The molecule has 0 aliphatic heterocycles. The summed E-state index contributed by atoms with van der Waals surface area (Å²) in [6, 6.07) is 7.49. The van der Waals surface area contributed by atoms with E-state index in [-0.39, 0.29) is 11.7 Å². The number of carbonyl (C=O) groups is 1. The number of carbonyl (C=O) groups excluding carboxylic acids is 1. The van der Waals surface area contributed by atoms with Crippen LogP contribution in [0.25, 0.3) is 0 Å². The molecule has 2 aromatic rings. The fourth-order valence-corrected chi connectivity index (χ4v) is 4.00. The topological polar surface area (TPSA) is 66.0 Å². The Labute approximate surface area is 134 Å². The number of fused-ring (bicyclic) bond motifs is 1. The van der Waals surface area contributed by atoms with Gasteiger partial charge in [-0.3, -0.25) is 9.89 Å². The maximum absolute atomic E-state index is 12.3. The number of aliphatic hydroxyl groups is 1. The van der Waals surface area contributed by atoms with Crippen molar-refractivity contribution >= 4 is 17.4 Å². The molecule has 1 aliphatic rings. The number of aromatic nitrogens is 2. The molecule has 3 unspecified atom stereocenters. The Hall–Kier alpha value is -1.65. The number of nitrogens with one attached hydrogen (secondary N) is 1. The summed E-state index contributed by atoms with van der Waals surface area (Å²) < 4.78 is 0. The highest BCUT2D eigenvalue weighted by Gasteiger charge is 2.49. The zero-order valence-electron chi connectivity index (χ0n) is 12.9. The Morgan fingerprint density at radius 1 is 1.45 bits per heavy atom. The highest BCUT2D eigenvalue weighted by Crippen LogP contribution is 2.48. The van der Waals surface area contributed by atoms with Gasteiger partial charge in [-0.2, -0.15) is 5.10 Å². The molecular weight excluding hydrogens is 300 g/mol. The van der Waals surface area contributed by atoms with Crippen LogP contribution in [0.3, 0.4) is 0 Å². The van der Waals surface area contributed by atoms with Crippen LogP contribution in [-0.4, -0.2) is 26.7 Å². The molecule has 0 bridgehead atoms. The van der Waals surface area contributed by atoms with Crippen molar-refractivity contribution in [2.75, 3.05) is 0 Å². The van der Waals surface area contributed by atoms with Gasteiger partial charge in [-0.15, -0.1) is 0 Å². The largest absolute Gasteiger partial charge is 0.389 e. The van der Waals surface area contributed by atoms with Gasteiger partial charge in [0.05, 0.1) is 17.2 Å². The lowest BCUT2D eigenvalue weighted by Gasteiger charge is -2.41. The Morgan fingerprint density at radius 2 is 2.14 bits per heavy atom. The van der Waals surface area contributed by atoms with Crippen LogP contribution < -0.4 is 0 Å². The molecule has 1 aromatic carbocycles. The fraction of sp³-hybridized carbons (Fsp3) is 0.412. The number of aryl methyl sites for hydroxylation is 1. The summed E-state index contributed by atoms with van der Waals surface area (Å²) in [5.74, 6) is -0.874. The lowest BCUT2D eigenvalue weighted by atomic mass is 9.64. The Morgan fingerprint density at radius 3 is 2.77 bits per heavy atom. The highest BCUT2D eigenvalue weighted by molar-refractivity contribution is 6.31. The maximum atomic E-state index is 12.3. The number of aromatic amines is 1. The number of Topliss-reactive ketones (excluding diaryl/α,β-unsaturated/α-hetero) is 1. The minimum absolute atomic E-state index is 0.0406. The molecule has 1 heterocycles. The number of ketones is 1. The normalized spacial score (nSPS) is 27.5. The van der Waals surface area contributed by atoms with Crippen LogP contribution in [0, 0.1) is 12.8 Å². The van der Waals surface area contributed by atoms with Crippen LogP contribution in [0.4, 0.5) is 0 Å². The van der Waals surface area contributed by atoms with E-state index in [1.807, 2.05) is 31.2 Å². The quantitative estimate of drug-likeness (QED) is 0.894. The molecule has 0 saturated carbocycles. The number of benzene rings is 1. The molecule has 3 rings (SSSR count). The molecule has 0 saturated heterocycles. The van der Waals surface area contributed by atoms with Crippen LogP contribution >= 0.6 is 11.6 Å². The van der Waals surface area contributed by atoms with Crippen LogP contribution in [0.5, 0.6) is 0 Å². The van der Waals surface area contributed by atoms with Gasteiger partial charge in [0.25, 0.3) is 0 Å². The second kappa shape index (κ2) is 5.21. The van der Waals surface area contributed by atoms with Gasteiger partial charge in [-0.25, -0.2) is 0 Å².